The Morgan fingerprint density at radius 1 is 1.35 bits per heavy atom. The monoisotopic (exact) mass is 236 g/mol. The minimum absolute atomic E-state index is 0.0959. The van der Waals surface area contributed by atoms with Crippen molar-refractivity contribution in [1.82, 2.24) is 9.88 Å². The average Bonchev–Trinajstić information content (AvgIpc) is 2.30. The summed E-state index contributed by atoms with van der Waals surface area (Å²) in [7, 11) is 0. The second-order valence-electron chi connectivity index (χ2n) is 4.25. The fraction of sp³-hybridized carbons (Fsp3) is 0.538. The van der Waals surface area contributed by atoms with Gasteiger partial charge in [0.1, 0.15) is 0 Å². The number of aliphatic carboxylic acids is 1. The van der Waals surface area contributed by atoms with E-state index < -0.39 is 11.5 Å². The van der Waals surface area contributed by atoms with E-state index in [1.54, 1.807) is 12.4 Å². The lowest BCUT2D eigenvalue weighted by Gasteiger charge is -2.39. The summed E-state index contributed by atoms with van der Waals surface area (Å²) in [6.07, 6.45) is 3.51. The summed E-state index contributed by atoms with van der Waals surface area (Å²) >= 11 is 0. The first-order valence-corrected chi connectivity index (χ1v) is 5.92. The molecule has 0 radical (unpaired) electrons. The highest BCUT2D eigenvalue weighted by atomic mass is 16.4. The van der Waals surface area contributed by atoms with Crippen LogP contribution in [-0.2, 0) is 10.3 Å². The van der Waals surface area contributed by atoms with Crippen molar-refractivity contribution in [2.45, 2.75) is 32.7 Å². The van der Waals surface area contributed by atoms with Crippen molar-refractivity contribution >= 4 is 5.97 Å². The Kier molecular flexibility index (Phi) is 4.63. The molecule has 4 heteroatoms. The first-order valence-electron chi connectivity index (χ1n) is 5.92. The zero-order chi connectivity index (χ0) is 12.9. The first-order chi connectivity index (χ1) is 8.04. The highest BCUT2D eigenvalue weighted by Gasteiger charge is 2.34. The molecular weight excluding hydrogens is 216 g/mol. The molecule has 0 aliphatic rings. The van der Waals surface area contributed by atoms with Crippen LogP contribution in [0.1, 0.15) is 32.8 Å². The number of carboxylic acids is 1. The molecular formula is C13H20N2O2. The number of carbonyl (C=O) groups is 1. The summed E-state index contributed by atoms with van der Waals surface area (Å²) in [5.74, 6) is -0.781. The number of nitrogens with zero attached hydrogens (tertiary/aromatic N) is 2. The lowest BCUT2D eigenvalue weighted by Crippen LogP contribution is -2.45. The van der Waals surface area contributed by atoms with Crippen molar-refractivity contribution in [1.29, 1.82) is 0 Å². The van der Waals surface area contributed by atoms with Crippen LogP contribution >= 0.6 is 0 Å². The molecule has 0 aliphatic carbocycles. The number of carboxylic acid groups (broad SMARTS) is 1. The molecule has 1 rings (SSSR count). The van der Waals surface area contributed by atoms with Crippen LogP contribution in [0.15, 0.2) is 24.5 Å². The molecule has 0 aromatic carbocycles. The third-order valence-electron chi connectivity index (χ3n) is 3.26. The van der Waals surface area contributed by atoms with Gasteiger partial charge in [-0.2, -0.15) is 0 Å². The Morgan fingerprint density at radius 2 is 1.88 bits per heavy atom. The smallest absolute Gasteiger partial charge is 0.305 e. The van der Waals surface area contributed by atoms with Gasteiger partial charge in [-0.05, 0) is 37.7 Å². The molecule has 1 aromatic rings. The molecule has 1 aromatic heterocycles. The fourth-order valence-corrected chi connectivity index (χ4v) is 2.32. The Morgan fingerprint density at radius 3 is 2.29 bits per heavy atom. The van der Waals surface area contributed by atoms with Gasteiger partial charge < -0.3 is 5.11 Å². The SMILES string of the molecule is CCN(CC)C(C)(CC(=O)O)c1ccncc1. The molecule has 1 N–H and O–H groups in total. The van der Waals surface area contributed by atoms with E-state index in [1.807, 2.05) is 32.9 Å². The number of hydrogen-bond acceptors (Lipinski definition) is 3. The number of hydrogen-bond donors (Lipinski definition) is 1. The second-order valence-corrected chi connectivity index (χ2v) is 4.25. The Labute approximate surface area is 102 Å². The third-order valence-corrected chi connectivity index (χ3v) is 3.26. The van der Waals surface area contributed by atoms with Crippen molar-refractivity contribution in [2.75, 3.05) is 13.1 Å². The Balaban J connectivity index is 3.13. The van der Waals surface area contributed by atoms with E-state index in [-0.39, 0.29) is 6.42 Å². The summed E-state index contributed by atoms with van der Waals surface area (Å²) in [6.45, 7) is 7.71. The van der Waals surface area contributed by atoms with Crippen LogP contribution in [0, 0.1) is 0 Å². The van der Waals surface area contributed by atoms with Crippen LogP contribution in [0.4, 0.5) is 0 Å². The normalized spacial score (nSPS) is 14.6. The van der Waals surface area contributed by atoms with E-state index in [0.717, 1.165) is 18.7 Å². The number of rotatable bonds is 6. The van der Waals surface area contributed by atoms with Gasteiger partial charge in [-0.25, -0.2) is 0 Å². The quantitative estimate of drug-likeness (QED) is 0.822. The fourth-order valence-electron chi connectivity index (χ4n) is 2.32. The molecule has 0 fully saturated rings. The average molecular weight is 236 g/mol. The van der Waals surface area contributed by atoms with Crippen molar-refractivity contribution in [2.24, 2.45) is 0 Å². The third kappa shape index (κ3) is 3.03. The van der Waals surface area contributed by atoms with Crippen LogP contribution in [0.25, 0.3) is 0 Å². The van der Waals surface area contributed by atoms with Gasteiger partial charge in [0.05, 0.1) is 12.0 Å². The highest BCUT2D eigenvalue weighted by molar-refractivity contribution is 5.68. The van der Waals surface area contributed by atoms with Crippen LogP contribution in [0.2, 0.25) is 0 Å². The lowest BCUT2D eigenvalue weighted by atomic mass is 9.87. The summed E-state index contributed by atoms with van der Waals surface area (Å²) < 4.78 is 0. The van der Waals surface area contributed by atoms with Gasteiger partial charge in [-0.15, -0.1) is 0 Å². The molecule has 0 spiro atoms. The summed E-state index contributed by atoms with van der Waals surface area (Å²) in [4.78, 5) is 17.2. The molecule has 1 heterocycles. The molecule has 4 nitrogen and oxygen atoms in total. The molecule has 1 atom stereocenters. The first kappa shape index (κ1) is 13.6. The van der Waals surface area contributed by atoms with E-state index in [0.29, 0.717) is 0 Å². The van der Waals surface area contributed by atoms with Crippen LogP contribution in [0.5, 0.6) is 0 Å². The molecule has 0 amide bonds. The van der Waals surface area contributed by atoms with Gasteiger partial charge in [0.15, 0.2) is 0 Å². The number of aromatic nitrogens is 1. The van der Waals surface area contributed by atoms with Crippen LogP contribution < -0.4 is 0 Å². The topological polar surface area (TPSA) is 53.4 Å². The maximum Gasteiger partial charge on any atom is 0.305 e. The maximum atomic E-state index is 11.1. The molecule has 1 unspecified atom stereocenters. The molecule has 0 saturated heterocycles. The van der Waals surface area contributed by atoms with E-state index in [2.05, 4.69) is 9.88 Å². The predicted octanol–water partition coefficient (Wildman–Crippen LogP) is 2.11. The van der Waals surface area contributed by atoms with E-state index in [9.17, 15) is 4.79 Å². The second kappa shape index (κ2) is 5.77. The van der Waals surface area contributed by atoms with Gasteiger partial charge in [-0.1, -0.05) is 13.8 Å². The molecule has 0 bridgehead atoms. The lowest BCUT2D eigenvalue weighted by molar-refractivity contribution is -0.140. The maximum absolute atomic E-state index is 11.1. The van der Waals surface area contributed by atoms with Gasteiger partial charge in [0.25, 0.3) is 0 Å². The van der Waals surface area contributed by atoms with Crippen LogP contribution in [0.3, 0.4) is 0 Å². The predicted molar refractivity (Wildman–Crippen MR) is 66.8 cm³/mol. The molecule has 94 valence electrons. The largest absolute Gasteiger partial charge is 0.481 e. The van der Waals surface area contributed by atoms with E-state index in [4.69, 9.17) is 5.11 Å². The van der Waals surface area contributed by atoms with E-state index >= 15 is 0 Å². The van der Waals surface area contributed by atoms with Crippen molar-refractivity contribution in [3.8, 4) is 0 Å². The zero-order valence-corrected chi connectivity index (χ0v) is 10.7. The van der Waals surface area contributed by atoms with Gasteiger partial charge >= 0.3 is 5.97 Å². The molecule has 17 heavy (non-hydrogen) atoms. The summed E-state index contributed by atoms with van der Waals surface area (Å²) in [5.41, 5.74) is 0.525. The van der Waals surface area contributed by atoms with Gasteiger partial charge in [0.2, 0.25) is 0 Å². The molecule has 0 saturated carbocycles. The minimum Gasteiger partial charge on any atom is -0.481 e. The standard InChI is InChI=1S/C13H20N2O2/c1-4-15(5-2)13(3,10-12(16)17)11-6-8-14-9-7-11/h6-9H,4-5,10H2,1-3H3,(H,16,17). The highest BCUT2D eigenvalue weighted by Crippen LogP contribution is 2.31. The zero-order valence-electron chi connectivity index (χ0n) is 10.7. The van der Waals surface area contributed by atoms with Crippen molar-refractivity contribution in [3.05, 3.63) is 30.1 Å². The summed E-state index contributed by atoms with van der Waals surface area (Å²) in [6, 6.07) is 3.78. The van der Waals surface area contributed by atoms with Crippen molar-refractivity contribution in [3.63, 3.8) is 0 Å². The van der Waals surface area contributed by atoms with E-state index in [1.165, 1.54) is 0 Å². The van der Waals surface area contributed by atoms with Gasteiger partial charge in [0, 0.05) is 12.4 Å². The minimum atomic E-state index is -0.781. The van der Waals surface area contributed by atoms with Crippen LogP contribution in [-0.4, -0.2) is 34.0 Å². The summed E-state index contributed by atoms with van der Waals surface area (Å²) in [5, 5.41) is 9.11. The Hall–Kier alpha value is -1.42. The van der Waals surface area contributed by atoms with Crippen molar-refractivity contribution < 1.29 is 9.90 Å². The van der Waals surface area contributed by atoms with Gasteiger partial charge in [-0.3, -0.25) is 14.7 Å². The molecule has 0 aliphatic heterocycles. The Bertz CT molecular complexity index is 363. The number of pyridine rings is 1.